The Morgan fingerprint density at radius 3 is 2.44 bits per heavy atom. The molecule has 1 N–H and O–H groups in total. The van der Waals surface area contributed by atoms with Gasteiger partial charge in [-0.05, 0) is 53.3 Å². The summed E-state index contributed by atoms with van der Waals surface area (Å²) in [6, 6.07) is 19.6. The summed E-state index contributed by atoms with van der Waals surface area (Å²) in [5.41, 5.74) is 2.67. The molecule has 2 aliphatic rings. The molecular formula is C31H38N4O3S. The summed E-state index contributed by atoms with van der Waals surface area (Å²) in [7, 11) is 1.68. The fraction of sp³-hybridized carbons (Fsp3) is 0.419. The van der Waals surface area contributed by atoms with Gasteiger partial charge in [-0.25, -0.2) is 0 Å². The van der Waals surface area contributed by atoms with Crippen molar-refractivity contribution in [1.82, 2.24) is 15.1 Å². The summed E-state index contributed by atoms with van der Waals surface area (Å²) in [6.45, 7) is 10.0. The SMILES string of the molecule is COc1ccc(N2CCN(CCNC(=O)[C@H]3c4ccccc4C(=O)N(CC(C)C)[C@@H]3c3cccs3)CC2)cc1. The molecule has 39 heavy (non-hydrogen) atoms. The third kappa shape index (κ3) is 5.97. The number of piperazine rings is 1. The lowest BCUT2D eigenvalue weighted by atomic mass is 9.81. The van der Waals surface area contributed by atoms with Crippen molar-refractivity contribution in [2.24, 2.45) is 5.92 Å². The van der Waals surface area contributed by atoms with E-state index in [0.717, 1.165) is 48.9 Å². The lowest BCUT2D eigenvalue weighted by molar-refractivity contribution is -0.124. The minimum atomic E-state index is -0.441. The fourth-order valence-electron chi connectivity index (χ4n) is 5.72. The van der Waals surface area contributed by atoms with Crippen molar-refractivity contribution in [1.29, 1.82) is 0 Å². The van der Waals surface area contributed by atoms with Crippen molar-refractivity contribution in [3.8, 4) is 5.75 Å². The van der Waals surface area contributed by atoms with Crippen LogP contribution in [0.1, 0.15) is 46.6 Å². The van der Waals surface area contributed by atoms with E-state index in [-0.39, 0.29) is 17.9 Å². The van der Waals surface area contributed by atoms with Crippen molar-refractivity contribution >= 4 is 28.8 Å². The molecule has 5 rings (SSSR count). The highest BCUT2D eigenvalue weighted by Crippen LogP contribution is 2.44. The Balaban J connectivity index is 1.25. The van der Waals surface area contributed by atoms with Crippen LogP contribution in [0.15, 0.2) is 66.0 Å². The maximum Gasteiger partial charge on any atom is 0.254 e. The molecule has 206 valence electrons. The summed E-state index contributed by atoms with van der Waals surface area (Å²) in [4.78, 5) is 35.2. The molecule has 8 heteroatoms. The normalized spacial score (nSPS) is 19.7. The molecule has 2 aliphatic heterocycles. The van der Waals surface area contributed by atoms with Gasteiger partial charge in [-0.15, -0.1) is 11.3 Å². The highest BCUT2D eigenvalue weighted by atomic mass is 32.1. The number of carbonyl (C=O) groups is 2. The summed E-state index contributed by atoms with van der Waals surface area (Å²) >= 11 is 1.61. The molecule has 3 aromatic rings. The van der Waals surface area contributed by atoms with Gasteiger partial charge in [0.05, 0.1) is 19.1 Å². The second-order valence-corrected chi connectivity index (χ2v) is 11.7. The largest absolute Gasteiger partial charge is 0.497 e. The smallest absolute Gasteiger partial charge is 0.254 e. The predicted molar refractivity (Wildman–Crippen MR) is 157 cm³/mol. The fourth-order valence-corrected chi connectivity index (χ4v) is 6.59. The van der Waals surface area contributed by atoms with Gasteiger partial charge in [0, 0.05) is 61.9 Å². The molecule has 1 fully saturated rings. The quantitative estimate of drug-likeness (QED) is 0.424. The molecule has 2 atom stereocenters. The zero-order valence-electron chi connectivity index (χ0n) is 23.0. The predicted octanol–water partition coefficient (Wildman–Crippen LogP) is 4.63. The van der Waals surface area contributed by atoms with Gasteiger partial charge in [0.25, 0.3) is 5.91 Å². The number of carbonyl (C=O) groups excluding carboxylic acids is 2. The van der Waals surface area contributed by atoms with E-state index in [9.17, 15) is 9.59 Å². The summed E-state index contributed by atoms with van der Waals surface area (Å²) in [6.07, 6.45) is 0. The number of hydrogen-bond acceptors (Lipinski definition) is 6. The Hall–Kier alpha value is -3.36. The summed E-state index contributed by atoms with van der Waals surface area (Å²) in [5.74, 6) is 0.715. The second kappa shape index (κ2) is 12.2. The Labute approximate surface area is 235 Å². The van der Waals surface area contributed by atoms with Crippen LogP contribution < -0.4 is 15.0 Å². The number of amides is 2. The third-order valence-corrected chi connectivity index (χ3v) is 8.60. The molecule has 0 radical (unpaired) electrons. The van der Waals surface area contributed by atoms with Gasteiger partial charge in [0.15, 0.2) is 0 Å². The van der Waals surface area contributed by atoms with E-state index in [4.69, 9.17) is 4.74 Å². The average molecular weight is 547 g/mol. The van der Waals surface area contributed by atoms with Crippen LogP contribution in [0, 0.1) is 5.92 Å². The highest BCUT2D eigenvalue weighted by Gasteiger charge is 2.44. The maximum atomic E-state index is 13.9. The number of nitrogens with zero attached hydrogens (tertiary/aromatic N) is 3. The number of hydrogen-bond donors (Lipinski definition) is 1. The van der Waals surface area contributed by atoms with Crippen LogP contribution in [0.3, 0.4) is 0 Å². The number of benzene rings is 2. The molecule has 2 amide bonds. The van der Waals surface area contributed by atoms with Gasteiger partial charge >= 0.3 is 0 Å². The van der Waals surface area contributed by atoms with Crippen LogP contribution in [0.2, 0.25) is 0 Å². The topological polar surface area (TPSA) is 65.1 Å². The number of thiophene rings is 1. The van der Waals surface area contributed by atoms with Crippen molar-refractivity contribution in [2.75, 3.05) is 57.8 Å². The number of methoxy groups -OCH3 is 1. The van der Waals surface area contributed by atoms with Gasteiger partial charge in [-0.2, -0.15) is 0 Å². The van der Waals surface area contributed by atoms with Crippen molar-refractivity contribution in [3.05, 3.63) is 82.0 Å². The van der Waals surface area contributed by atoms with E-state index in [1.54, 1.807) is 18.4 Å². The molecule has 0 spiro atoms. The van der Waals surface area contributed by atoms with Crippen LogP contribution in [-0.4, -0.2) is 74.5 Å². The van der Waals surface area contributed by atoms with Crippen LogP contribution in [-0.2, 0) is 4.79 Å². The van der Waals surface area contributed by atoms with Gasteiger partial charge in [-0.3, -0.25) is 14.5 Å². The van der Waals surface area contributed by atoms with Gasteiger partial charge in [-0.1, -0.05) is 38.1 Å². The van der Waals surface area contributed by atoms with E-state index in [0.29, 0.717) is 24.6 Å². The first-order chi connectivity index (χ1) is 19.0. The molecule has 0 aliphatic carbocycles. The lowest BCUT2D eigenvalue weighted by Crippen LogP contribution is -2.50. The summed E-state index contributed by atoms with van der Waals surface area (Å²) < 4.78 is 5.28. The zero-order chi connectivity index (χ0) is 27.4. The lowest BCUT2D eigenvalue weighted by Gasteiger charge is -2.42. The average Bonchev–Trinajstić information content (AvgIpc) is 3.49. The maximum absolute atomic E-state index is 13.9. The van der Waals surface area contributed by atoms with E-state index in [2.05, 4.69) is 41.1 Å². The van der Waals surface area contributed by atoms with Crippen molar-refractivity contribution < 1.29 is 14.3 Å². The molecule has 0 unspecified atom stereocenters. The number of rotatable bonds is 9. The van der Waals surface area contributed by atoms with Crippen molar-refractivity contribution in [2.45, 2.75) is 25.8 Å². The molecule has 0 saturated carbocycles. The van der Waals surface area contributed by atoms with Gasteiger partial charge in [0.1, 0.15) is 5.75 Å². The number of ether oxygens (including phenoxy) is 1. The monoisotopic (exact) mass is 546 g/mol. The Morgan fingerprint density at radius 1 is 1.03 bits per heavy atom. The number of fused-ring (bicyclic) bond motifs is 1. The minimum Gasteiger partial charge on any atom is -0.497 e. The first-order valence-corrected chi connectivity index (χ1v) is 14.7. The standard InChI is InChI=1S/C31H38N4O3S/c1-22(2)21-35-29(27-9-6-20-39-27)28(25-7-4-5-8-26(25)31(35)37)30(36)32-14-15-33-16-18-34(19-17-33)23-10-12-24(38-3)13-11-23/h4-13,20,22,28-29H,14-19,21H2,1-3H3,(H,32,36)/t28-,29+/m0/s1. The first-order valence-electron chi connectivity index (χ1n) is 13.8. The molecule has 2 aromatic carbocycles. The highest BCUT2D eigenvalue weighted by molar-refractivity contribution is 7.10. The van der Waals surface area contributed by atoms with Crippen LogP contribution in [0.25, 0.3) is 0 Å². The molecule has 0 bridgehead atoms. The second-order valence-electron chi connectivity index (χ2n) is 10.7. The van der Waals surface area contributed by atoms with Crippen LogP contribution >= 0.6 is 11.3 Å². The van der Waals surface area contributed by atoms with Crippen LogP contribution in [0.4, 0.5) is 5.69 Å². The van der Waals surface area contributed by atoms with Crippen LogP contribution in [0.5, 0.6) is 5.75 Å². The van der Waals surface area contributed by atoms with Gasteiger partial charge in [0.2, 0.25) is 5.91 Å². The minimum absolute atomic E-state index is 0.0106. The third-order valence-electron chi connectivity index (χ3n) is 7.65. The van der Waals surface area contributed by atoms with E-state index < -0.39 is 5.92 Å². The number of nitrogens with one attached hydrogen (secondary N) is 1. The Kier molecular flexibility index (Phi) is 8.53. The van der Waals surface area contributed by atoms with Gasteiger partial charge < -0.3 is 19.9 Å². The zero-order valence-corrected chi connectivity index (χ0v) is 23.8. The van der Waals surface area contributed by atoms with Crippen molar-refractivity contribution in [3.63, 3.8) is 0 Å². The molecular weight excluding hydrogens is 508 g/mol. The Morgan fingerprint density at radius 2 is 1.77 bits per heavy atom. The van der Waals surface area contributed by atoms with E-state index in [1.807, 2.05) is 58.8 Å². The summed E-state index contributed by atoms with van der Waals surface area (Å²) in [5, 5.41) is 5.26. The number of anilines is 1. The Bertz CT molecular complexity index is 1250. The molecule has 3 heterocycles. The van der Waals surface area contributed by atoms with E-state index in [1.165, 1.54) is 5.69 Å². The van der Waals surface area contributed by atoms with E-state index >= 15 is 0 Å². The first kappa shape index (κ1) is 27.2. The molecule has 7 nitrogen and oxygen atoms in total. The molecule has 1 aromatic heterocycles. The molecule has 1 saturated heterocycles.